The summed E-state index contributed by atoms with van der Waals surface area (Å²) in [4.78, 5) is 30.1. The third kappa shape index (κ3) is 6.32. The number of rotatable bonds is 7. The van der Waals surface area contributed by atoms with Crippen LogP contribution in [0.5, 0.6) is 5.75 Å². The molecule has 3 N–H and O–H groups in total. The molecular formula is C25H23ClN2O5S. The standard InChI is InChI=1S/C25H23ClN2O5S/c1-14-23(34-15(2)27-14)13-21(25(32)33-3)28-24(31)19-9-8-17(12-20(19)26)22(30)10-7-16-5-4-6-18(29)11-16/h4-13,22,29-30H,1-3H3,(H,28,31). The molecule has 0 aliphatic rings. The summed E-state index contributed by atoms with van der Waals surface area (Å²) in [5.74, 6) is -1.19. The van der Waals surface area contributed by atoms with Crippen molar-refractivity contribution in [3.63, 3.8) is 0 Å². The summed E-state index contributed by atoms with van der Waals surface area (Å²) in [6.07, 6.45) is 3.73. The van der Waals surface area contributed by atoms with Crippen LogP contribution in [-0.4, -0.2) is 34.2 Å². The molecule has 0 fully saturated rings. The second-order valence-corrected chi connectivity index (χ2v) is 8.97. The molecule has 3 aromatic rings. The van der Waals surface area contributed by atoms with Gasteiger partial charge in [0.2, 0.25) is 0 Å². The number of ether oxygens (including phenoxy) is 1. The van der Waals surface area contributed by atoms with E-state index in [9.17, 15) is 19.8 Å². The molecule has 9 heteroatoms. The highest BCUT2D eigenvalue weighted by Gasteiger charge is 2.19. The molecule has 0 saturated carbocycles. The van der Waals surface area contributed by atoms with Gasteiger partial charge in [-0.25, -0.2) is 9.78 Å². The van der Waals surface area contributed by atoms with Crippen molar-refractivity contribution < 1.29 is 24.5 Å². The Morgan fingerprint density at radius 1 is 1.21 bits per heavy atom. The first kappa shape index (κ1) is 25.2. The fourth-order valence-electron chi connectivity index (χ4n) is 3.10. The molecule has 0 radical (unpaired) electrons. The number of aliphatic hydroxyl groups excluding tert-OH is 1. The molecule has 1 aromatic heterocycles. The van der Waals surface area contributed by atoms with Crippen molar-refractivity contribution in [2.45, 2.75) is 20.0 Å². The summed E-state index contributed by atoms with van der Waals surface area (Å²) in [6, 6.07) is 11.1. The first-order valence-electron chi connectivity index (χ1n) is 10.2. The fourth-order valence-corrected chi connectivity index (χ4v) is 4.24. The van der Waals surface area contributed by atoms with Crippen LogP contribution in [0, 0.1) is 13.8 Å². The number of hydrogen-bond donors (Lipinski definition) is 3. The highest BCUT2D eigenvalue weighted by Crippen LogP contribution is 2.25. The number of thiazole rings is 1. The first-order chi connectivity index (χ1) is 16.2. The SMILES string of the molecule is COC(=O)C(=Cc1sc(C)nc1C)NC(=O)c1ccc(C(O)C=Cc2cccc(O)c2)cc1Cl. The Kier molecular flexibility index (Phi) is 8.22. The lowest BCUT2D eigenvalue weighted by atomic mass is 10.0. The van der Waals surface area contributed by atoms with E-state index >= 15 is 0 Å². The number of aromatic hydroxyl groups is 1. The second-order valence-electron chi connectivity index (χ2n) is 7.32. The maximum atomic E-state index is 12.8. The first-order valence-corrected chi connectivity index (χ1v) is 11.4. The van der Waals surface area contributed by atoms with Crippen LogP contribution >= 0.6 is 22.9 Å². The Balaban J connectivity index is 1.79. The Morgan fingerprint density at radius 2 is 1.97 bits per heavy atom. The largest absolute Gasteiger partial charge is 0.508 e. The molecule has 2 aromatic carbocycles. The number of aliphatic hydroxyl groups is 1. The van der Waals surface area contributed by atoms with E-state index in [0.29, 0.717) is 5.56 Å². The number of benzene rings is 2. The van der Waals surface area contributed by atoms with Crippen LogP contribution in [0.25, 0.3) is 12.2 Å². The molecule has 3 rings (SSSR count). The van der Waals surface area contributed by atoms with Gasteiger partial charge in [-0.3, -0.25) is 4.79 Å². The summed E-state index contributed by atoms with van der Waals surface area (Å²) >= 11 is 7.70. The monoisotopic (exact) mass is 498 g/mol. The number of phenols is 1. The molecule has 0 spiro atoms. The van der Waals surface area contributed by atoms with Gasteiger partial charge in [0, 0.05) is 0 Å². The molecule has 1 unspecified atom stereocenters. The predicted molar refractivity (Wildman–Crippen MR) is 133 cm³/mol. The molecule has 176 valence electrons. The zero-order valence-electron chi connectivity index (χ0n) is 18.7. The Labute approximate surface area is 206 Å². The summed E-state index contributed by atoms with van der Waals surface area (Å²) in [5, 5.41) is 23.5. The lowest BCUT2D eigenvalue weighted by Crippen LogP contribution is -2.28. The maximum absolute atomic E-state index is 12.8. The van der Waals surface area contributed by atoms with E-state index in [-0.39, 0.29) is 22.0 Å². The average Bonchev–Trinajstić information content (AvgIpc) is 3.12. The fraction of sp³-hybridized carbons (Fsp3) is 0.160. The Bertz CT molecular complexity index is 1280. The minimum atomic E-state index is -0.986. The van der Waals surface area contributed by atoms with Gasteiger partial charge in [0.1, 0.15) is 11.4 Å². The van der Waals surface area contributed by atoms with E-state index in [1.807, 2.05) is 13.8 Å². The number of methoxy groups -OCH3 is 1. The van der Waals surface area contributed by atoms with E-state index < -0.39 is 18.0 Å². The Hall–Kier alpha value is -3.46. The number of aromatic nitrogens is 1. The second kappa shape index (κ2) is 11.1. The third-order valence-corrected chi connectivity index (χ3v) is 6.12. The van der Waals surface area contributed by atoms with E-state index in [4.69, 9.17) is 16.3 Å². The third-order valence-electron chi connectivity index (χ3n) is 4.79. The number of hydrogen-bond acceptors (Lipinski definition) is 7. The van der Waals surface area contributed by atoms with Crippen molar-refractivity contribution in [3.05, 3.63) is 91.5 Å². The lowest BCUT2D eigenvalue weighted by molar-refractivity contribution is -0.136. The number of halogens is 1. The van der Waals surface area contributed by atoms with Crippen LogP contribution < -0.4 is 5.32 Å². The number of phenolic OH excluding ortho intramolecular Hbond substituents is 1. The van der Waals surface area contributed by atoms with Gasteiger partial charge in [0.05, 0.1) is 39.4 Å². The molecule has 34 heavy (non-hydrogen) atoms. The molecular weight excluding hydrogens is 476 g/mol. The smallest absolute Gasteiger partial charge is 0.354 e. The van der Waals surface area contributed by atoms with Crippen molar-refractivity contribution in [1.82, 2.24) is 10.3 Å². The van der Waals surface area contributed by atoms with Crippen molar-refractivity contribution in [1.29, 1.82) is 0 Å². The maximum Gasteiger partial charge on any atom is 0.354 e. The number of nitrogens with one attached hydrogen (secondary N) is 1. The molecule has 7 nitrogen and oxygen atoms in total. The topological polar surface area (TPSA) is 109 Å². The Morgan fingerprint density at radius 3 is 2.59 bits per heavy atom. The molecule has 0 bridgehead atoms. The average molecular weight is 499 g/mol. The summed E-state index contributed by atoms with van der Waals surface area (Å²) in [6.45, 7) is 3.65. The number of nitrogens with zero attached hydrogens (tertiary/aromatic N) is 1. The van der Waals surface area contributed by atoms with Gasteiger partial charge in [-0.05, 0) is 55.3 Å². The molecule has 1 amide bonds. The predicted octanol–water partition coefficient (Wildman–Crippen LogP) is 4.81. The summed E-state index contributed by atoms with van der Waals surface area (Å²) in [5.41, 5.74) is 2.00. The zero-order chi connectivity index (χ0) is 24.8. The van der Waals surface area contributed by atoms with Crippen LogP contribution in [-0.2, 0) is 9.53 Å². The molecule has 1 atom stereocenters. The van der Waals surface area contributed by atoms with E-state index in [1.54, 1.807) is 36.4 Å². The lowest BCUT2D eigenvalue weighted by Gasteiger charge is -2.12. The molecule has 0 aliphatic carbocycles. The van der Waals surface area contributed by atoms with Gasteiger partial charge in [-0.1, -0.05) is 42.0 Å². The highest BCUT2D eigenvalue weighted by molar-refractivity contribution is 7.12. The van der Waals surface area contributed by atoms with Crippen LogP contribution in [0.2, 0.25) is 5.02 Å². The van der Waals surface area contributed by atoms with E-state index in [0.717, 1.165) is 21.1 Å². The van der Waals surface area contributed by atoms with Crippen molar-refractivity contribution in [3.8, 4) is 5.75 Å². The molecule has 1 heterocycles. The van der Waals surface area contributed by atoms with Crippen LogP contribution in [0.4, 0.5) is 0 Å². The van der Waals surface area contributed by atoms with E-state index in [2.05, 4.69) is 10.3 Å². The van der Waals surface area contributed by atoms with Crippen LogP contribution in [0.15, 0.2) is 54.2 Å². The zero-order valence-corrected chi connectivity index (χ0v) is 20.3. The molecule has 0 saturated heterocycles. The number of esters is 1. The van der Waals surface area contributed by atoms with Crippen molar-refractivity contribution >= 4 is 47.0 Å². The summed E-state index contributed by atoms with van der Waals surface area (Å²) < 4.78 is 4.79. The number of aryl methyl sites for hydroxylation is 2. The summed E-state index contributed by atoms with van der Waals surface area (Å²) in [7, 11) is 1.22. The van der Waals surface area contributed by atoms with Gasteiger partial charge in [-0.15, -0.1) is 11.3 Å². The normalized spacial score (nSPS) is 12.6. The van der Waals surface area contributed by atoms with Crippen molar-refractivity contribution in [2.75, 3.05) is 7.11 Å². The van der Waals surface area contributed by atoms with Gasteiger partial charge in [0.25, 0.3) is 5.91 Å². The van der Waals surface area contributed by atoms with Gasteiger partial charge >= 0.3 is 5.97 Å². The van der Waals surface area contributed by atoms with Crippen LogP contribution in [0.3, 0.4) is 0 Å². The quantitative estimate of drug-likeness (QED) is 0.318. The van der Waals surface area contributed by atoms with Gasteiger partial charge in [0.15, 0.2) is 0 Å². The minimum absolute atomic E-state index is 0.0477. The van der Waals surface area contributed by atoms with Crippen molar-refractivity contribution in [2.24, 2.45) is 0 Å². The highest BCUT2D eigenvalue weighted by atomic mass is 35.5. The number of carbonyl (C=O) groups is 2. The van der Waals surface area contributed by atoms with Gasteiger partial charge in [-0.2, -0.15) is 0 Å². The minimum Gasteiger partial charge on any atom is -0.508 e. The van der Waals surface area contributed by atoms with E-state index in [1.165, 1.54) is 42.7 Å². The number of amides is 1. The molecule has 0 aliphatic heterocycles. The van der Waals surface area contributed by atoms with Gasteiger partial charge < -0.3 is 20.3 Å². The number of carbonyl (C=O) groups excluding carboxylic acids is 2. The van der Waals surface area contributed by atoms with Crippen LogP contribution in [0.1, 0.15) is 43.2 Å².